The van der Waals surface area contributed by atoms with Crippen LogP contribution in [0.3, 0.4) is 0 Å². The van der Waals surface area contributed by atoms with Crippen molar-refractivity contribution >= 4 is 17.6 Å². The van der Waals surface area contributed by atoms with E-state index in [0.717, 1.165) is 35.3 Å². The van der Waals surface area contributed by atoms with Crippen molar-refractivity contribution in [3.63, 3.8) is 0 Å². The van der Waals surface area contributed by atoms with Gasteiger partial charge in [-0.3, -0.25) is 9.59 Å². The number of hydrogen-bond donors (Lipinski definition) is 3. The van der Waals surface area contributed by atoms with Crippen LogP contribution in [0.15, 0.2) is 12.1 Å². The molecular formula is C15H20N2O3. The molecule has 0 unspecified atom stereocenters. The number of carbonyl (C=O) groups is 2. The molecule has 0 aromatic heterocycles. The molecule has 5 heteroatoms. The second-order valence-corrected chi connectivity index (χ2v) is 5.66. The molecule has 0 aliphatic carbocycles. The summed E-state index contributed by atoms with van der Waals surface area (Å²) >= 11 is 0. The Hall–Kier alpha value is -1.88. The fraction of sp³-hybridized carbons (Fsp3) is 0.467. The molecule has 2 rings (SSSR count). The van der Waals surface area contributed by atoms with Crippen LogP contribution < -0.4 is 10.6 Å². The number of amides is 1. The van der Waals surface area contributed by atoms with Gasteiger partial charge in [0.1, 0.15) is 0 Å². The number of carboxylic acids is 1. The van der Waals surface area contributed by atoms with E-state index in [1.54, 1.807) is 13.8 Å². The Kier molecular flexibility index (Phi) is 3.81. The number of aliphatic carboxylic acids is 1. The van der Waals surface area contributed by atoms with Crippen molar-refractivity contribution in [2.24, 2.45) is 0 Å². The van der Waals surface area contributed by atoms with E-state index in [4.69, 9.17) is 0 Å². The third kappa shape index (κ3) is 2.54. The molecule has 1 heterocycles. The van der Waals surface area contributed by atoms with Gasteiger partial charge in [-0.1, -0.05) is 6.07 Å². The van der Waals surface area contributed by atoms with Crippen molar-refractivity contribution in [3.05, 3.63) is 28.8 Å². The molecule has 3 N–H and O–H groups in total. The van der Waals surface area contributed by atoms with Crippen molar-refractivity contribution in [1.82, 2.24) is 5.32 Å². The molecule has 0 spiro atoms. The van der Waals surface area contributed by atoms with E-state index < -0.39 is 11.4 Å². The van der Waals surface area contributed by atoms with Gasteiger partial charge < -0.3 is 15.7 Å². The Balaban J connectivity index is 2.56. The average Bonchev–Trinajstić information content (AvgIpc) is 2.38. The van der Waals surface area contributed by atoms with Gasteiger partial charge in [0.05, 0.1) is 5.41 Å². The number of carboxylic acid groups (broad SMARTS) is 1. The zero-order chi connectivity index (χ0) is 14.9. The molecule has 1 aliphatic rings. The number of anilines is 1. The van der Waals surface area contributed by atoms with Crippen LogP contribution in [0.5, 0.6) is 0 Å². The lowest BCUT2D eigenvalue weighted by Crippen LogP contribution is -2.34. The van der Waals surface area contributed by atoms with Gasteiger partial charge >= 0.3 is 5.97 Å². The number of carbonyl (C=O) groups excluding carboxylic acids is 1. The highest BCUT2D eigenvalue weighted by atomic mass is 16.4. The molecule has 1 aromatic rings. The van der Waals surface area contributed by atoms with Crippen LogP contribution in [0.2, 0.25) is 0 Å². The summed E-state index contributed by atoms with van der Waals surface area (Å²) in [5.41, 5.74) is 2.69. The average molecular weight is 276 g/mol. The largest absolute Gasteiger partial charge is 0.481 e. The van der Waals surface area contributed by atoms with Crippen LogP contribution in [0.25, 0.3) is 0 Å². The molecule has 1 amide bonds. The molecule has 0 saturated carbocycles. The Morgan fingerprint density at radius 2 is 2.00 bits per heavy atom. The van der Waals surface area contributed by atoms with E-state index in [0.29, 0.717) is 6.54 Å². The van der Waals surface area contributed by atoms with Crippen molar-refractivity contribution in [3.8, 4) is 0 Å². The minimum Gasteiger partial charge on any atom is -0.481 e. The first-order valence-electron chi connectivity index (χ1n) is 6.71. The van der Waals surface area contributed by atoms with Crippen molar-refractivity contribution < 1.29 is 14.7 Å². The molecule has 0 radical (unpaired) electrons. The first-order chi connectivity index (χ1) is 9.34. The molecule has 5 nitrogen and oxygen atoms in total. The molecule has 0 saturated heterocycles. The lowest BCUT2D eigenvalue weighted by Gasteiger charge is -2.29. The van der Waals surface area contributed by atoms with Crippen molar-refractivity contribution in [2.75, 3.05) is 11.9 Å². The molecule has 1 aliphatic heterocycles. The third-order valence-electron chi connectivity index (χ3n) is 3.80. The highest BCUT2D eigenvalue weighted by molar-refractivity contribution is 5.90. The van der Waals surface area contributed by atoms with Gasteiger partial charge in [0.25, 0.3) is 0 Å². The summed E-state index contributed by atoms with van der Waals surface area (Å²) < 4.78 is 0. The summed E-state index contributed by atoms with van der Waals surface area (Å²) in [7, 11) is 0. The van der Waals surface area contributed by atoms with Crippen LogP contribution in [0.4, 0.5) is 5.69 Å². The Labute approximate surface area is 118 Å². The maximum atomic E-state index is 11.5. The van der Waals surface area contributed by atoms with Gasteiger partial charge in [-0.2, -0.15) is 0 Å². The smallest absolute Gasteiger partial charge is 0.313 e. The SMILES string of the molecule is CC(=O)Nc1ccc(C(C)(C)C(=O)O)c2c1CCNC2. The van der Waals surface area contributed by atoms with Crippen LogP contribution in [0.1, 0.15) is 37.5 Å². The maximum absolute atomic E-state index is 11.5. The van der Waals surface area contributed by atoms with Crippen molar-refractivity contribution in [1.29, 1.82) is 0 Å². The molecule has 0 bridgehead atoms. The quantitative estimate of drug-likeness (QED) is 0.784. The summed E-state index contributed by atoms with van der Waals surface area (Å²) in [4.78, 5) is 22.7. The number of nitrogens with one attached hydrogen (secondary N) is 2. The van der Waals surface area contributed by atoms with Gasteiger partial charge in [0.15, 0.2) is 0 Å². The molecular weight excluding hydrogens is 256 g/mol. The van der Waals surface area contributed by atoms with E-state index in [9.17, 15) is 14.7 Å². The topological polar surface area (TPSA) is 78.4 Å². The van der Waals surface area contributed by atoms with Crippen molar-refractivity contribution in [2.45, 2.75) is 39.2 Å². The molecule has 0 atom stereocenters. The Bertz CT molecular complexity index is 564. The highest BCUT2D eigenvalue weighted by Crippen LogP contribution is 2.34. The van der Waals surface area contributed by atoms with Crippen LogP contribution in [-0.4, -0.2) is 23.5 Å². The lowest BCUT2D eigenvalue weighted by atomic mass is 9.78. The monoisotopic (exact) mass is 276 g/mol. The minimum atomic E-state index is -0.947. The zero-order valence-corrected chi connectivity index (χ0v) is 12.0. The second kappa shape index (κ2) is 5.25. The molecule has 0 fully saturated rings. The summed E-state index contributed by atoms with van der Waals surface area (Å²) in [6, 6.07) is 3.62. The molecule has 20 heavy (non-hydrogen) atoms. The number of fused-ring (bicyclic) bond motifs is 1. The van der Waals surface area contributed by atoms with Crippen LogP contribution >= 0.6 is 0 Å². The Morgan fingerprint density at radius 1 is 1.30 bits per heavy atom. The van der Waals surface area contributed by atoms with Gasteiger partial charge in [-0.15, -0.1) is 0 Å². The van der Waals surface area contributed by atoms with E-state index in [1.807, 2.05) is 12.1 Å². The third-order valence-corrected chi connectivity index (χ3v) is 3.80. The summed E-state index contributed by atoms with van der Waals surface area (Å²) in [6.07, 6.45) is 0.786. The normalized spacial score (nSPS) is 14.6. The number of hydrogen-bond acceptors (Lipinski definition) is 3. The maximum Gasteiger partial charge on any atom is 0.313 e. The first-order valence-corrected chi connectivity index (χ1v) is 6.71. The van der Waals surface area contributed by atoms with Gasteiger partial charge in [-0.05, 0) is 49.6 Å². The van der Waals surface area contributed by atoms with Gasteiger partial charge in [0.2, 0.25) is 5.91 Å². The predicted molar refractivity (Wildman–Crippen MR) is 76.8 cm³/mol. The first kappa shape index (κ1) is 14.5. The van der Waals surface area contributed by atoms with E-state index in [1.165, 1.54) is 6.92 Å². The lowest BCUT2D eigenvalue weighted by molar-refractivity contribution is -0.142. The van der Waals surface area contributed by atoms with Gasteiger partial charge in [0, 0.05) is 19.2 Å². The number of benzene rings is 1. The second-order valence-electron chi connectivity index (χ2n) is 5.66. The Morgan fingerprint density at radius 3 is 2.60 bits per heavy atom. The summed E-state index contributed by atoms with van der Waals surface area (Å²) in [5, 5.41) is 15.5. The van der Waals surface area contributed by atoms with E-state index in [2.05, 4.69) is 10.6 Å². The summed E-state index contributed by atoms with van der Waals surface area (Å²) in [6.45, 7) is 6.35. The number of rotatable bonds is 3. The zero-order valence-electron chi connectivity index (χ0n) is 12.0. The fourth-order valence-corrected chi connectivity index (χ4v) is 2.61. The minimum absolute atomic E-state index is 0.115. The fourth-order valence-electron chi connectivity index (χ4n) is 2.61. The molecule has 1 aromatic carbocycles. The van der Waals surface area contributed by atoms with E-state index in [-0.39, 0.29) is 5.91 Å². The standard InChI is InChI=1S/C15H20N2O3/c1-9(18)17-13-5-4-12(15(2,3)14(19)20)11-8-16-7-6-10(11)13/h4-5,16H,6-8H2,1-3H3,(H,17,18)(H,19,20). The van der Waals surface area contributed by atoms with Crippen LogP contribution in [-0.2, 0) is 28.0 Å². The van der Waals surface area contributed by atoms with Gasteiger partial charge in [-0.25, -0.2) is 0 Å². The highest BCUT2D eigenvalue weighted by Gasteiger charge is 2.33. The molecule has 108 valence electrons. The predicted octanol–water partition coefficient (Wildman–Crippen LogP) is 1.65. The van der Waals surface area contributed by atoms with E-state index >= 15 is 0 Å². The summed E-state index contributed by atoms with van der Waals surface area (Å²) in [5.74, 6) is -0.964. The van der Waals surface area contributed by atoms with Crippen LogP contribution in [0, 0.1) is 0 Å².